The number of benzene rings is 5. The maximum atomic E-state index is 6.73. The summed E-state index contributed by atoms with van der Waals surface area (Å²) in [6.45, 7) is 0. The van der Waals surface area contributed by atoms with Gasteiger partial charge >= 0.3 is 6.01 Å². The second-order valence-electron chi connectivity index (χ2n) is 10.7. The third kappa shape index (κ3) is 3.58. The molecule has 9 rings (SSSR count). The second kappa shape index (κ2) is 9.29. The molecule has 0 N–H and O–H groups in total. The van der Waals surface area contributed by atoms with E-state index in [2.05, 4.69) is 105 Å². The number of hydrogen-bond acceptors (Lipinski definition) is 3. The number of hydrogen-bond donors (Lipinski definition) is 0. The Hall–Kier alpha value is -5.94. The van der Waals surface area contributed by atoms with Gasteiger partial charge in [0.1, 0.15) is 5.69 Å². The van der Waals surface area contributed by atoms with Crippen molar-refractivity contribution in [1.29, 1.82) is 0 Å². The van der Waals surface area contributed by atoms with E-state index < -0.39 is 0 Å². The zero-order valence-corrected chi connectivity index (χ0v) is 23.1. The van der Waals surface area contributed by atoms with Crippen LogP contribution >= 0.6 is 0 Å². The predicted octanol–water partition coefficient (Wildman–Crippen LogP) is 9.60. The van der Waals surface area contributed by atoms with E-state index in [4.69, 9.17) is 9.40 Å². The number of oxazole rings is 1. The number of rotatable bonds is 4. The molecule has 5 aromatic carbocycles. The van der Waals surface area contributed by atoms with Crippen molar-refractivity contribution in [1.82, 2.24) is 19.1 Å². The number of aromatic nitrogens is 4. The van der Waals surface area contributed by atoms with Crippen molar-refractivity contribution in [2.45, 2.75) is 0 Å². The molecule has 0 fully saturated rings. The smallest absolute Gasteiger partial charge is 0.307 e. The van der Waals surface area contributed by atoms with E-state index in [0.29, 0.717) is 6.01 Å². The monoisotopic (exact) mass is 552 g/mol. The second-order valence-corrected chi connectivity index (χ2v) is 10.7. The minimum Gasteiger partial charge on any atom is -0.422 e. The molecule has 43 heavy (non-hydrogen) atoms. The van der Waals surface area contributed by atoms with Crippen LogP contribution in [-0.2, 0) is 0 Å². The Balaban J connectivity index is 1.39. The molecule has 0 aliphatic heterocycles. The first-order chi connectivity index (χ1) is 21.3. The van der Waals surface area contributed by atoms with Crippen molar-refractivity contribution in [2.24, 2.45) is 0 Å². The minimum atomic E-state index is 0.541. The number of para-hydroxylation sites is 2. The fraction of sp³-hybridized carbons (Fsp3) is 0. The molecule has 0 amide bonds. The molecule has 0 spiro atoms. The Bertz CT molecular complexity index is 2380. The lowest BCUT2D eigenvalue weighted by molar-refractivity contribution is 0.548. The van der Waals surface area contributed by atoms with Gasteiger partial charge in [-0.25, -0.2) is 0 Å². The van der Waals surface area contributed by atoms with Crippen LogP contribution in [0, 0.1) is 0 Å². The molecule has 0 saturated carbocycles. The lowest BCUT2D eigenvalue weighted by Gasteiger charge is -2.07. The highest BCUT2D eigenvalue weighted by Gasteiger charge is 2.23. The van der Waals surface area contributed by atoms with Crippen LogP contribution in [0.15, 0.2) is 150 Å². The topological polar surface area (TPSA) is 48.8 Å². The third-order valence-electron chi connectivity index (χ3n) is 8.26. The number of nitrogens with zero attached hydrogens (tertiary/aromatic N) is 4. The molecule has 5 nitrogen and oxygen atoms in total. The van der Waals surface area contributed by atoms with E-state index in [-0.39, 0.29) is 0 Å². The average Bonchev–Trinajstić information content (AvgIpc) is 3.75. The van der Waals surface area contributed by atoms with Crippen LogP contribution in [0.25, 0.3) is 77.9 Å². The molecule has 0 saturated heterocycles. The van der Waals surface area contributed by atoms with E-state index in [9.17, 15) is 0 Å². The van der Waals surface area contributed by atoms with Crippen LogP contribution in [0.5, 0.6) is 0 Å². The Labute approximate surface area is 246 Å². The molecular formula is C38H24N4O. The first-order valence-corrected chi connectivity index (χ1v) is 14.3. The average molecular weight is 553 g/mol. The molecule has 9 aromatic rings. The van der Waals surface area contributed by atoms with Crippen molar-refractivity contribution < 1.29 is 4.42 Å². The van der Waals surface area contributed by atoms with Gasteiger partial charge in [0.2, 0.25) is 0 Å². The van der Waals surface area contributed by atoms with Gasteiger partial charge in [0.25, 0.3) is 0 Å². The van der Waals surface area contributed by atoms with Gasteiger partial charge in [-0.2, -0.15) is 4.98 Å². The van der Waals surface area contributed by atoms with Gasteiger partial charge in [0.15, 0.2) is 5.76 Å². The zero-order valence-electron chi connectivity index (χ0n) is 23.1. The largest absolute Gasteiger partial charge is 0.422 e. The fourth-order valence-corrected chi connectivity index (χ4v) is 6.38. The van der Waals surface area contributed by atoms with Gasteiger partial charge in [0, 0.05) is 38.9 Å². The molecule has 202 valence electrons. The molecule has 0 unspecified atom stereocenters. The molecule has 0 aliphatic rings. The van der Waals surface area contributed by atoms with E-state index in [0.717, 1.165) is 66.5 Å². The van der Waals surface area contributed by atoms with Gasteiger partial charge in [-0.1, -0.05) is 97.1 Å². The van der Waals surface area contributed by atoms with Gasteiger partial charge < -0.3 is 8.98 Å². The summed E-state index contributed by atoms with van der Waals surface area (Å²) in [6.07, 6.45) is 3.73. The first-order valence-electron chi connectivity index (χ1n) is 14.3. The summed E-state index contributed by atoms with van der Waals surface area (Å²) >= 11 is 0. The van der Waals surface area contributed by atoms with Crippen molar-refractivity contribution in [3.8, 4) is 34.3 Å². The van der Waals surface area contributed by atoms with Gasteiger partial charge in [0.05, 0.1) is 34.0 Å². The standard InChI is InChI=1S/C38H24N4O/c1-3-12-25(13-4-1)36-37(26-14-5-2-6-15-26)43-38(40-36)42-33-20-10-8-18-29(33)31-22-34-30(23-35(31)42)28-17-7-9-19-32(28)41(34)27-16-11-21-39-24-27/h1-24H. The first kappa shape index (κ1) is 23.7. The van der Waals surface area contributed by atoms with Gasteiger partial charge in [-0.05, 0) is 36.4 Å². The summed E-state index contributed by atoms with van der Waals surface area (Å²) in [5.41, 5.74) is 8.22. The Morgan fingerprint density at radius 3 is 1.72 bits per heavy atom. The molecule has 4 heterocycles. The molecule has 4 aromatic heterocycles. The van der Waals surface area contributed by atoms with Crippen molar-refractivity contribution in [3.05, 3.63) is 146 Å². The minimum absolute atomic E-state index is 0.541. The van der Waals surface area contributed by atoms with Crippen LogP contribution in [0.1, 0.15) is 0 Å². The summed E-state index contributed by atoms with van der Waals surface area (Å²) in [6, 6.07) is 46.7. The van der Waals surface area contributed by atoms with E-state index in [1.807, 2.05) is 54.9 Å². The van der Waals surface area contributed by atoms with Crippen LogP contribution in [0.4, 0.5) is 0 Å². The van der Waals surface area contributed by atoms with Crippen molar-refractivity contribution >= 4 is 43.6 Å². The van der Waals surface area contributed by atoms with Crippen LogP contribution in [-0.4, -0.2) is 19.1 Å². The van der Waals surface area contributed by atoms with Crippen LogP contribution < -0.4 is 0 Å². The van der Waals surface area contributed by atoms with Crippen molar-refractivity contribution in [3.63, 3.8) is 0 Å². The Morgan fingerprint density at radius 1 is 0.488 bits per heavy atom. The molecule has 0 atom stereocenters. The Morgan fingerprint density at radius 2 is 1.07 bits per heavy atom. The molecule has 0 aliphatic carbocycles. The van der Waals surface area contributed by atoms with Gasteiger partial charge in [-0.3, -0.25) is 9.55 Å². The van der Waals surface area contributed by atoms with Crippen LogP contribution in [0.3, 0.4) is 0 Å². The Kier molecular flexibility index (Phi) is 5.13. The van der Waals surface area contributed by atoms with E-state index in [1.165, 1.54) is 5.39 Å². The fourth-order valence-electron chi connectivity index (χ4n) is 6.38. The van der Waals surface area contributed by atoms with E-state index >= 15 is 0 Å². The summed E-state index contributed by atoms with van der Waals surface area (Å²) in [7, 11) is 0. The van der Waals surface area contributed by atoms with Crippen molar-refractivity contribution in [2.75, 3.05) is 0 Å². The van der Waals surface area contributed by atoms with Gasteiger partial charge in [-0.15, -0.1) is 0 Å². The third-order valence-corrected chi connectivity index (χ3v) is 8.26. The normalized spacial score (nSPS) is 11.7. The highest BCUT2D eigenvalue weighted by atomic mass is 16.4. The molecule has 5 heteroatoms. The summed E-state index contributed by atoms with van der Waals surface area (Å²) < 4.78 is 11.2. The SMILES string of the molecule is c1ccc(-c2nc(-n3c4ccccc4c4cc5c(cc43)c3ccccc3n5-c3cccnc3)oc2-c2ccccc2)cc1. The lowest BCUT2D eigenvalue weighted by Crippen LogP contribution is -1.95. The predicted molar refractivity (Wildman–Crippen MR) is 174 cm³/mol. The summed E-state index contributed by atoms with van der Waals surface area (Å²) in [5.74, 6) is 0.752. The highest BCUT2D eigenvalue weighted by Crippen LogP contribution is 2.41. The maximum Gasteiger partial charge on any atom is 0.307 e. The summed E-state index contributed by atoms with van der Waals surface area (Å²) in [5, 5.41) is 4.62. The maximum absolute atomic E-state index is 6.73. The molecular weight excluding hydrogens is 528 g/mol. The number of pyridine rings is 1. The van der Waals surface area contributed by atoms with Crippen LogP contribution in [0.2, 0.25) is 0 Å². The zero-order chi connectivity index (χ0) is 28.3. The number of fused-ring (bicyclic) bond motifs is 6. The summed E-state index contributed by atoms with van der Waals surface area (Å²) in [4.78, 5) is 9.60. The lowest BCUT2D eigenvalue weighted by atomic mass is 10.1. The molecule has 0 bridgehead atoms. The quantitative estimate of drug-likeness (QED) is 0.218. The highest BCUT2D eigenvalue weighted by molar-refractivity contribution is 6.18. The molecule has 0 radical (unpaired) electrons. The van der Waals surface area contributed by atoms with E-state index in [1.54, 1.807) is 0 Å².